The lowest BCUT2D eigenvalue weighted by Crippen LogP contribution is -2.41. The third-order valence-corrected chi connectivity index (χ3v) is 2.59. The van der Waals surface area contributed by atoms with Crippen LogP contribution in [-0.2, 0) is 4.74 Å². The molecule has 106 valence electrons. The summed E-state index contributed by atoms with van der Waals surface area (Å²) >= 11 is 0. The highest BCUT2D eigenvalue weighted by atomic mass is 19.2. The van der Waals surface area contributed by atoms with Gasteiger partial charge in [-0.3, -0.25) is 0 Å². The van der Waals surface area contributed by atoms with E-state index in [4.69, 9.17) is 4.74 Å². The molecule has 1 heterocycles. The van der Waals surface area contributed by atoms with E-state index in [1.807, 2.05) is 0 Å². The molecule has 0 amide bonds. The molecule has 1 aromatic carbocycles. The number of nitrogens with one attached hydrogen (secondary N) is 1. The van der Waals surface area contributed by atoms with Gasteiger partial charge in [-0.15, -0.1) is 0 Å². The van der Waals surface area contributed by atoms with E-state index in [9.17, 15) is 22.0 Å². The minimum absolute atomic E-state index is 0.314. The second-order valence-electron chi connectivity index (χ2n) is 3.91. The van der Waals surface area contributed by atoms with Crippen LogP contribution in [0.25, 0.3) is 0 Å². The molecule has 19 heavy (non-hydrogen) atoms. The van der Waals surface area contributed by atoms with Gasteiger partial charge >= 0.3 is 0 Å². The Kier molecular flexibility index (Phi) is 4.20. The van der Waals surface area contributed by atoms with Crippen molar-refractivity contribution in [2.45, 2.75) is 6.10 Å². The zero-order chi connectivity index (χ0) is 14.0. The first-order valence-electron chi connectivity index (χ1n) is 5.49. The molecule has 2 rings (SSSR count). The van der Waals surface area contributed by atoms with E-state index in [0.717, 1.165) is 0 Å². The Hall–Kier alpha value is -1.41. The fourth-order valence-electron chi connectivity index (χ4n) is 1.61. The molecule has 0 radical (unpaired) electrons. The third kappa shape index (κ3) is 2.79. The third-order valence-electron chi connectivity index (χ3n) is 2.59. The predicted octanol–water partition coefficient (Wildman–Crippen LogP) is 1.75. The second kappa shape index (κ2) is 5.70. The van der Waals surface area contributed by atoms with Crippen LogP contribution in [0.5, 0.6) is 5.75 Å². The number of halogens is 5. The molecule has 0 saturated carbocycles. The van der Waals surface area contributed by atoms with E-state index in [2.05, 4.69) is 10.1 Å². The Labute approximate surface area is 105 Å². The SMILES string of the molecule is Fc1c(F)c(F)c(OCC2CNCCO2)c(F)c1F. The summed E-state index contributed by atoms with van der Waals surface area (Å²) in [5.41, 5.74) is 0. The van der Waals surface area contributed by atoms with Crippen molar-refractivity contribution in [3.8, 4) is 5.75 Å². The zero-order valence-electron chi connectivity index (χ0n) is 9.61. The number of hydrogen-bond donors (Lipinski definition) is 1. The summed E-state index contributed by atoms with van der Waals surface area (Å²) in [5, 5.41) is 2.93. The highest BCUT2D eigenvalue weighted by Gasteiger charge is 2.27. The Balaban J connectivity index is 2.15. The number of rotatable bonds is 3. The minimum Gasteiger partial charge on any atom is -0.485 e. The van der Waals surface area contributed by atoms with Crippen molar-refractivity contribution in [3.63, 3.8) is 0 Å². The number of ether oxygens (including phenoxy) is 2. The standard InChI is InChI=1S/C11H10F5NO2/c12-6-7(13)9(15)11(10(16)8(6)14)19-4-5-3-17-1-2-18-5/h5,17H,1-4H2. The van der Waals surface area contributed by atoms with Gasteiger partial charge in [0, 0.05) is 13.1 Å². The number of hydrogen-bond acceptors (Lipinski definition) is 3. The van der Waals surface area contributed by atoms with Crippen LogP contribution in [0.15, 0.2) is 0 Å². The van der Waals surface area contributed by atoms with E-state index in [1.165, 1.54) is 0 Å². The van der Waals surface area contributed by atoms with E-state index in [-0.39, 0.29) is 6.61 Å². The summed E-state index contributed by atoms with van der Waals surface area (Å²) in [5.74, 6) is -11.5. The van der Waals surface area contributed by atoms with Crippen molar-refractivity contribution in [1.29, 1.82) is 0 Å². The van der Waals surface area contributed by atoms with Crippen LogP contribution in [0.3, 0.4) is 0 Å². The smallest absolute Gasteiger partial charge is 0.206 e. The second-order valence-corrected chi connectivity index (χ2v) is 3.91. The van der Waals surface area contributed by atoms with E-state index >= 15 is 0 Å². The zero-order valence-corrected chi connectivity index (χ0v) is 9.61. The molecule has 1 N–H and O–H groups in total. The minimum atomic E-state index is -2.21. The molecular formula is C11H10F5NO2. The van der Waals surface area contributed by atoms with Gasteiger partial charge in [-0.05, 0) is 0 Å². The van der Waals surface area contributed by atoms with Crippen molar-refractivity contribution in [2.75, 3.05) is 26.3 Å². The fraction of sp³-hybridized carbons (Fsp3) is 0.455. The topological polar surface area (TPSA) is 30.5 Å². The van der Waals surface area contributed by atoms with Crippen LogP contribution in [0.4, 0.5) is 22.0 Å². The summed E-state index contributed by atoms with van der Waals surface area (Å²) in [4.78, 5) is 0. The first-order valence-corrected chi connectivity index (χ1v) is 5.49. The van der Waals surface area contributed by atoms with Crippen LogP contribution in [0, 0.1) is 29.1 Å². The molecule has 0 aromatic heterocycles. The van der Waals surface area contributed by atoms with Crippen LogP contribution in [0.1, 0.15) is 0 Å². The molecule has 1 aliphatic heterocycles. The van der Waals surface area contributed by atoms with Crippen LogP contribution >= 0.6 is 0 Å². The molecular weight excluding hydrogens is 273 g/mol. The Morgan fingerprint density at radius 1 is 1.00 bits per heavy atom. The largest absolute Gasteiger partial charge is 0.485 e. The Bertz CT molecular complexity index is 448. The van der Waals surface area contributed by atoms with Crippen molar-refractivity contribution >= 4 is 0 Å². The first-order chi connectivity index (χ1) is 9.02. The molecule has 3 nitrogen and oxygen atoms in total. The van der Waals surface area contributed by atoms with Gasteiger partial charge in [0.2, 0.25) is 29.1 Å². The predicted molar refractivity (Wildman–Crippen MR) is 54.3 cm³/mol. The van der Waals surface area contributed by atoms with Crippen molar-refractivity contribution < 1.29 is 31.4 Å². The van der Waals surface area contributed by atoms with E-state index in [1.54, 1.807) is 0 Å². The molecule has 0 spiro atoms. The molecule has 1 unspecified atom stereocenters. The maximum atomic E-state index is 13.3. The normalized spacial score (nSPS) is 19.5. The fourth-order valence-corrected chi connectivity index (χ4v) is 1.61. The van der Waals surface area contributed by atoms with Crippen LogP contribution in [-0.4, -0.2) is 32.4 Å². The van der Waals surface area contributed by atoms with Crippen LogP contribution in [0.2, 0.25) is 0 Å². The summed E-state index contributed by atoms with van der Waals surface area (Å²) in [6.45, 7) is 1.06. The quantitative estimate of drug-likeness (QED) is 0.521. The Morgan fingerprint density at radius 3 is 2.11 bits per heavy atom. The lowest BCUT2D eigenvalue weighted by atomic mass is 10.2. The summed E-state index contributed by atoms with van der Waals surface area (Å²) < 4.78 is 74.9. The number of benzene rings is 1. The lowest BCUT2D eigenvalue weighted by Gasteiger charge is -2.23. The number of morpholine rings is 1. The molecule has 1 aromatic rings. The van der Waals surface area contributed by atoms with Crippen molar-refractivity contribution in [2.24, 2.45) is 0 Å². The van der Waals surface area contributed by atoms with Gasteiger partial charge in [0.15, 0.2) is 5.75 Å². The van der Waals surface area contributed by atoms with Gasteiger partial charge in [-0.25, -0.2) is 13.2 Å². The summed E-state index contributed by atoms with van der Waals surface area (Å²) in [6.07, 6.45) is -0.510. The van der Waals surface area contributed by atoms with Crippen LogP contribution < -0.4 is 10.1 Å². The molecule has 1 saturated heterocycles. The molecule has 1 atom stereocenters. The van der Waals surface area contributed by atoms with Gasteiger partial charge in [0.1, 0.15) is 12.7 Å². The average molecular weight is 283 g/mol. The van der Waals surface area contributed by atoms with Gasteiger partial charge in [-0.2, -0.15) is 8.78 Å². The first kappa shape index (κ1) is 14.0. The maximum absolute atomic E-state index is 13.3. The summed E-state index contributed by atoms with van der Waals surface area (Å²) in [6, 6.07) is 0. The van der Waals surface area contributed by atoms with Gasteiger partial charge in [0.25, 0.3) is 0 Å². The highest BCUT2D eigenvalue weighted by molar-refractivity contribution is 5.29. The molecule has 1 fully saturated rings. The Morgan fingerprint density at radius 2 is 1.58 bits per heavy atom. The van der Waals surface area contributed by atoms with Gasteiger partial charge in [0.05, 0.1) is 6.61 Å². The monoisotopic (exact) mass is 283 g/mol. The highest BCUT2D eigenvalue weighted by Crippen LogP contribution is 2.29. The maximum Gasteiger partial charge on any atom is 0.206 e. The van der Waals surface area contributed by atoms with Crippen molar-refractivity contribution in [3.05, 3.63) is 29.1 Å². The van der Waals surface area contributed by atoms with Gasteiger partial charge < -0.3 is 14.8 Å². The average Bonchev–Trinajstić information content (AvgIpc) is 2.44. The van der Waals surface area contributed by atoms with Gasteiger partial charge in [-0.1, -0.05) is 0 Å². The molecule has 8 heteroatoms. The molecule has 1 aliphatic rings. The van der Waals surface area contributed by atoms with E-state index < -0.39 is 40.9 Å². The molecule has 0 aliphatic carbocycles. The van der Waals surface area contributed by atoms with E-state index in [0.29, 0.717) is 19.7 Å². The summed E-state index contributed by atoms with van der Waals surface area (Å²) in [7, 11) is 0. The van der Waals surface area contributed by atoms with Crippen molar-refractivity contribution in [1.82, 2.24) is 5.32 Å². The lowest BCUT2D eigenvalue weighted by molar-refractivity contribution is -0.00174. The molecule has 0 bridgehead atoms.